The van der Waals surface area contributed by atoms with Gasteiger partial charge in [0.2, 0.25) is 0 Å². The molecule has 0 aliphatic carbocycles. The molecular formula is C23H24N4O3S2. The highest BCUT2D eigenvalue weighted by atomic mass is 32.2. The zero-order valence-electron chi connectivity index (χ0n) is 17.8. The van der Waals surface area contributed by atoms with Crippen molar-refractivity contribution < 1.29 is 14.3 Å². The molecule has 2 N–H and O–H groups in total. The molecule has 3 aromatic rings. The first-order chi connectivity index (χ1) is 15.7. The fourth-order valence-electron chi connectivity index (χ4n) is 3.19. The van der Waals surface area contributed by atoms with Gasteiger partial charge >= 0.3 is 0 Å². The third-order valence-corrected chi connectivity index (χ3v) is 6.82. The van der Waals surface area contributed by atoms with Crippen LogP contribution in [0.3, 0.4) is 0 Å². The van der Waals surface area contributed by atoms with Crippen LogP contribution in [0.25, 0.3) is 6.08 Å². The summed E-state index contributed by atoms with van der Waals surface area (Å²) in [6, 6.07) is 15.5. The van der Waals surface area contributed by atoms with Gasteiger partial charge in [-0.05, 0) is 41.5 Å². The number of carbonyl (C=O) groups is 1. The fourth-order valence-corrected chi connectivity index (χ4v) is 4.96. The first kappa shape index (κ1) is 22.2. The quantitative estimate of drug-likeness (QED) is 0.356. The summed E-state index contributed by atoms with van der Waals surface area (Å²) in [5.41, 5.74) is 5.25. The number of methoxy groups -OCH3 is 2. The molecule has 1 aromatic heterocycles. The molecule has 9 heteroatoms. The second-order valence-electron chi connectivity index (χ2n) is 6.87. The molecule has 1 aliphatic heterocycles. The Labute approximate surface area is 195 Å². The highest BCUT2D eigenvalue weighted by Gasteiger charge is 2.37. The average molecular weight is 469 g/mol. The molecule has 1 fully saturated rings. The molecular weight excluding hydrogens is 444 g/mol. The average Bonchev–Trinajstić information content (AvgIpc) is 3.46. The predicted octanol–water partition coefficient (Wildman–Crippen LogP) is 4.39. The normalized spacial score (nSPS) is 17.1. The minimum atomic E-state index is -0.183. The summed E-state index contributed by atoms with van der Waals surface area (Å²) < 4.78 is 10.5. The van der Waals surface area contributed by atoms with Crippen LogP contribution in [-0.2, 0) is 4.79 Å². The van der Waals surface area contributed by atoms with E-state index in [0.717, 1.165) is 27.8 Å². The van der Waals surface area contributed by atoms with Crippen LogP contribution < -0.4 is 20.2 Å². The van der Waals surface area contributed by atoms with Crippen molar-refractivity contribution in [1.82, 2.24) is 15.4 Å². The Bertz CT molecular complexity index is 1050. The summed E-state index contributed by atoms with van der Waals surface area (Å²) in [5, 5.41) is 7.55. The smallest absolute Gasteiger partial charge is 0.275 e. The minimum absolute atomic E-state index is 0.0547. The van der Waals surface area contributed by atoms with Crippen molar-refractivity contribution in [1.29, 1.82) is 0 Å². The molecule has 4 rings (SSSR count). The van der Waals surface area contributed by atoms with E-state index in [0.29, 0.717) is 18.0 Å². The molecule has 7 nitrogen and oxygen atoms in total. The Hall–Kier alpha value is -3.01. The van der Waals surface area contributed by atoms with Gasteiger partial charge in [-0.2, -0.15) is 0 Å². The lowest BCUT2D eigenvalue weighted by Crippen LogP contribution is -2.42. The van der Waals surface area contributed by atoms with Crippen LogP contribution in [0.1, 0.15) is 16.5 Å². The van der Waals surface area contributed by atoms with Crippen LogP contribution in [-0.4, -0.2) is 43.2 Å². The van der Waals surface area contributed by atoms with E-state index in [1.165, 1.54) is 11.8 Å². The first-order valence-corrected chi connectivity index (χ1v) is 11.8. The summed E-state index contributed by atoms with van der Waals surface area (Å²) in [7, 11) is 3.28. The van der Waals surface area contributed by atoms with Gasteiger partial charge in [-0.1, -0.05) is 36.0 Å². The monoisotopic (exact) mass is 468 g/mol. The van der Waals surface area contributed by atoms with Gasteiger partial charge < -0.3 is 14.8 Å². The highest BCUT2D eigenvalue weighted by molar-refractivity contribution is 8.04. The van der Waals surface area contributed by atoms with E-state index in [-0.39, 0.29) is 11.3 Å². The molecule has 2 heterocycles. The van der Waals surface area contributed by atoms with E-state index < -0.39 is 0 Å². The molecule has 2 aromatic carbocycles. The Morgan fingerprint density at radius 1 is 1.03 bits per heavy atom. The van der Waals surface area contributed by atoms with Crippen molar-refractivity contribution in [3.05, 3.63) is 76.1 Å². The maximum atomic E-state index is 13.3. The number of carbonyl (C=O) groups excluding carboxylic acids is 1. The lowest BCUT2D eigenvalue weighted by molar-refractivity contribution is -0.129. The number of aromatic nitrogens is 1. The standard InChI is InChI=1S/C23H24N4O3S2/c1-29-18-7-3-16(4-8-18)15-20-21(28)27(26-12-11-24-23-25-13-14-31-23)22(32-20)17-5-9-19(30-2)10-6-17/h3-10,13-15,22,26H,11-12H2,1-2H3,(H,24,25)/b20-15+. The van der Waals surface area contributed by atoms with Crippen molar-refractivity contribution >= 4 is 40.2 Å². The van der Waals surface area contributed by atoms with Crippen LogP contribution in [0.2, 0.25) is 0 Å². The number of anilines is 1. The SMILES string of the molecule is COc1ccc(/C=C2/SC(c3ccc(OC)cc3)N(NCCNc3nccs3)C2=O)cc1. The lowest BCUT2D eigenvalue weighted by Gasteiger charge is -2.24. The summed E-state index contributed by atoms with van der Waals surface area (Å²) >= 11 is 3.07. The maximum absolute atomic E-state index is 13.3. The van der Waals surface area contributed by atoms with Crippen molar-refractivity contribution in [2.45, 2.75) is 5.37 Å². The molecule has 1 unspecified atom stereocenters. The van der Waals surface area contributed by atoms with Crippen LogP contribution in [0.5, 0.6) is 11.5 Å². The Balaban J connectivity index is 1.51. The van der Waals surface area contributed by atoms with Gasteiger partial charge in [0.15, 0.2) is 5.13 Å². The third-order valence-electron chi connectivity index (χ3n) is 4.83. The maximum Gasteiger partial charge on any atom is 0.275 e. The van der Waals surface area contributed by atoms with Crippen molar-refractivity contribution in [2.24, 2.45) is 0 Å². The number of hydrazine groups is 1. The summed E-state index contributed by atoms with van der Waals surface area (Å²) in [4.78, 5) is 18.1. The Kier molecular flexibility index (Phi) is 7.31. The lowest BCUT2D eigenvalue weighted by atomic mass is 10.2. The van der Waals surface area contributed by atoms with Crippen LogP contribution in [0.15, 0.2) is 65.0 Å². The van der Waals surface area contributed by atoms with Gasteiger partial charge in [-0.3, -0.25) is 9.80 Å². The number of hydrogen-bond acceptors (Lipinski definition) is 8. The van der Waals surface area contributed by atoms with Gasteiger partial charge in [0.05, 0.1) is 19.1 Å². The van der Waals surface area contributed by atoms with Gasteiger partial charge in [-0.15, -0.1) is 11.3 Å². The van der Waals surface area contributed by atoms with Crippen molar-refractivity contribution in [3.8, 4) is 11.5 Å². The minimum Gasteiger partial charge on any atom is -0.497 e. The highest BCUT2D eigenvalue weighted by Crippen LogP contribution is 2.45. The number of amides is 1. The number of ether oxygens (including phenoxy) is 2. The van der Waals surface area contributed by atoms with E-state index in [4.69, 9.17) is 9.47 Å². The number of thiazole rings is 1. The van der Waals surface area contributed by atoms with E-state index in [9.17, 15) is 4.79 Å². The Morgan fingerprint density at radius 3 is 2.34 bits per heavy atom. The van der Waals surface area contributed by atoms with Crippen LogP contribution >= 0.6 is 23.1 Å². The van der Waals surface area contributed by atoms with Gasteiger partial charge in [0, 0.05) is 24.7 Å². The Morgan fingerprint density at radius 2 is 1.72 bits per heavy atom. The fraction of sp³-hybridized carbons (Fsp3) is 0.217. The summed E-state index contributed by atoms with van der Waals surface area (Å²) in [5.74, 6) is 1.51. The largest absolute Gasteiger partial charge is 0.497 e. The first-order valence-electron chi connectivity index (χ1n) is 10.0. The van der Waals surface area contributed by atoms with Gasteiger partial charge in [-0.25, -0.2) is 10.4 Å². The number of thioether (sulfide) groups is 1. The topological polar surface area (TPSA) is 75.7 Å². The zero-order chi connectivity index (χ0) is 22.3. The number of hydrogen-bond donors (Lipinski definition) is 2. The molecule has 0 bridgehead atoms. The molecule has 0 radical (unpaired) electrons. The molecule has 1 atom stereocenters. The number of nitrogens with one attached hydrogen (secondary N) is 2. The molecule has 1 aliphatic rings. The second-order valence-corrected chi connectivity index (χ2v) is 8.89. The summed E-state index contributed by atoms with van der Waals surface area (Å²) in [6.07, 6.45) is 3.68. The molecule has 0 spiro atoms. The molecule has 166 valence electrons. The van der Waals surface area contributed by atoms with Gasteiger partial charge in [0.1, 0.15) is 16.9 Å². The van der Waals surface area contributed by atoms with E-state index >= 15 is 0 Å². The number of nitrogens with zero attached hydrogens (tertiary/aromatic N) is 2. The number of benzene rings is 2. The van der Waals surface area contributed by atoms with E-state index in [2.05, 4.69) is 15.7 Å². The van der Waals surface area contributed by atoms with E-state index in [1.807, 2.05) is 60.0 Å². The van der Waals surface area contributed by atoms with Crippen molar-refractivity contribution in [2.75, 3.05) is 32.6 Å². The van der Waals surface area contributed by atoms with Crippen molar-refractivity contribution in [3.63, 3.8) is 0 Å². The predicted molar refractivity (Wildman–Crippen MR) is 130 cm³/mol. The molecule has 1 saturated heterocycles. The number of rotatable bonds is 9. The zero-order valence-corrected chi connectivity index (χ0v) is 19.4. The molecule has 1 amide bonds. The van der Waals surface area contributed by atoms with Crippen LogP contribution in [0.4, 0.5) is 5.13 Å². The van der Waals surface area contributed by atoms with E-state index in [1.54, 1.807) is 36.8 Å². The molecule has 0 saturated carbocycles. The third kappa shape index (κ3) is 5.24. The molecule has 32 heavy (non-hydrogen) atoms. The second kappa shape index (κ2) is 10.5. The van der Waals surface area contributed by atoms with Crippen LogP contribution in [0, 0.1) is 0 Å². The van der Waals surface area contributed by atoms with Gasteiger partial charge in [0.25, 0.3) is 5.91 Å². The summed E-state index contributed by atoms with van der Waals surface area (Å²) in [6.45, 7) is 1.23.